The maximum Gasteiger partial charge on any atom is 0.206 e. The number of hydrogen-bond donors (Lipinski definition) is 0. The second-order valence-electron chi connectivity index (χ2n) is 5.61. The Labute approximate surface area is 148 Å². The molecule has 0 unspecified atom stereocenters. The fraction of sp³-hybridized carbons (Fsp3) is 0.250. The zero-order valence-corrected chi connectivity index (χ0v) is 13.9. The fourth-order valence-corrected chi connectivity index (χ4v) is 2.40. The molecule has 0 amide bonds. The zero-order chi connectivity index (χ0) is 17.6. The second-order valence-corrected chi connectivity index (χ2v) is 5.61. The van der Waals surface area contributed by atoms with Crippen LogP contribution in [0.1, 0.15) is 12.8 Å². The van der Waals surface area contributed by atoms with Gasteiger partial charge in [0, 0.05) is 35.9 Å². The van der Waals surface area contributed by atoms with Gasteiger partial charge in [0.1, 0.15) is 0 Å². The van der Waals surface area contributed by atoms with Crippen molar-refractivity contribution in [2.24, 2.45) is 0 Å². The van der Waals surface area contributed by atoms with Gasteiger partial charge in [-0.25, -0.2) is 0 Å². The summed E-state index contributed by atoms with van der Waals surface area (Å²) in [4.78, 5) is 11.3. The smallest absolute Gasteiger partial charge is 0.206 e. The first-order chi connectivity index (χ1) is 12.9. The van der Waals surface area contributed by atoms with Gasteiger partial charge in [0.2, 0.25) is 11.6 Å². The van der Waals surface area contributed by atoms with Crippen LogP contribution in [-0.4, -0.2) is 50.4 Å². The standard InChI is InChI=1S/C16H16N10/c1(9-25-21-15(19-23-25)13-5-3-7-17-11-13)2-10-26-22-16(20-24-26)14-6-4-8-18-12-14/h3-8,11-12H,1-2,9-10H2. The summed E-state index contributed by atoms with van der Waals surface area (Å²) in [5, 5.41) is 25.0. The van der Waals surface area contributed by atoms with Gasteiger partial charge in [0.05, 0.1) is 13.1 Å². The predicted octanol–water partition coefficient (Wildman–Crippen LogP) is 1.26. The lowest BCUT2D eigenvalue weighted by Crippen LogP contribution is -2.07. The molecule has 0 bridgehead atoms. The normalized spacial score (nSPS) is 10.9. The lowest BCUT2D eigenvalue weighted by atomic mass is 10.3. The van der Waals surface area contributed by atoms with Crippen molar-refractivity contribution in [1.82, 2.24) is 50.4 Å². The Morgan fingerprint density at radius 2 is 1.19 bits per heavy atom. The van der Waals surface area contributed by atoms with Crippen molar-refractivity contribution in [2.75, 3.05) is 0 Å². The molecule has 10 nitrogen and oxygen atoms in total. The summed E-state index contributed by atoms with van der Waals surface area (Å²) in [6.07, 6.45) is 8.63. The molecule has 26 heavy (non-hydrogen) atoms. The second kappa shape index (κ2) is 7.55. The van der Waals surface area contributed by atoms with Crippen LogP contribution in [0.5, 0.6) is 0 Å². The molecule has 0 atom stereocenters. The van der Waals surface area contributed by atoms with Crippen molar-refractivity contribution in [3.8, 4) is 22.8 Å². The highest BCUT2D eigenvalue weighted by Gasteiger charge is 2.07. The van der Waals surface area contributed by atoms with Crippen LogP contribution in [0.25, 0.3) is 22.8 Å². The summed E-state index contributed by atoms with van der Waals surface area (Å²) < 4.78 is 0. The SMILES string of the molecule is c1cncc(-c2nnn(CCCCn3nnc(-c4cccnc4)n3)n2)c1. The average Bonchev–Trinajstić information content (AvgIpc) is 3.37. The van der Waals surface area contributed by atoms with E-state index in [1.165, 1.54) is 0 Å². The van der Waals surface area contributed by atoms with Crippen LogP contribution >= 0.6 is 0 Å². The summed E-state index contributed by atoms with van der Waals surface area (Å²) in [6.45, 7) is 1.36. The van der Waals surface area contributed by atoms with Gasteiger partial charge >= 0.3 is 0 Å². The van der Waals surface area contributed by atoms with Gasteiger partial charge in [-0.15, -0.1) is 20.4 Å². The van der Waals surface area contributed by atoms with Crippen LogP contribution in [0.3, 0.4) is 0 Å². The van der Waals surface area contributed by atoms with Gasteiger partial charge in [0.25, 0.3) is 0 Å². The Morgan fingerprint density at radius 3 is 1.62 bits per heavy atom. The third-order valence-electron chi connectivity index (χ3n) is 3.71. The molecular formula is C16H16N10. The molecule has 4 rings (SSSR count). The number of unbranched alkanes of at least 4 members (excludes halogenated alkanes) is 1. The van der Waals surface area contributed by atoms with E-state index < -0.39 is 0 Å². The summed E-state index contributed by atoms with van der Waals surface area (Å²) in [6, 6.07) is 7.51. The minimum absolute atomic E-state index is 0.581. The molecule has 10 heteroatoms. The molecule has 0 aliphatic heterocycles. The van der Waals surface area contributed by atoms with Crippen molar-refractivity contribution in [1.29, 1.82) is 0 Å². The molecular weight excluding hydrogens is 332 g/mol. The van der Waals surface area contributed by atoms with Crippen molar-refractivity contribution in [2.45, 2.75) is 25.9 Å². The number of tetrazole rings is 2. The Kier molecular flexibility index (Phi) is 4.63. The van der Waals surface area contributed by atoms with Gasteiger partial charge in [0.15, 0.2) is 0 Å². The van der Waals surface area contributed by atoms with Crippen LogP contribution in [0.15, 0.2) is 49.1 Å². The maximum absolute atomic E-state index is 4.37. The number of hydrogen-bond acceptors (Lipinski definition) is 8. The van der Waals surface area contributed by atoms with E-state index in [1.54, 1.807) is 34.4 Å². The van der Waals surface area contributed by atoms with E-state index in [0.717, 1.165) is 24.0 Å². The Balaban J connectivity index is 1.27. The number of aryl methyl sites for hydroxylation is 2. The van der Waals surface area contributed by atoms with Crippen molar-refractivity contribution in [3.63, 3.8) is 0 Å². The Bertz CT molecular complexity index is 868. The van der Waals surface area contributed by atoms with Crippen LogP contribution in [-0.2, 0) is 13.1 Å². The van der Waals surface area contributed by atoms with E-state index >= 15 is 0 Å². The monoisotopic (exact) mass is 348 g/mol. The molecule has 0 aliphatic rings. The number of aromatic nitrogens is 10. The van der Waals surface area contributed by atoms with Gasteiger partial charge in [-0.1, -0.05) is 0 Å². The van der Waals surface area contributed by atoms with E-state index in [2.05, 4.69) is 40.8 Å². The van der Waals surface area contributed by atoms with E-state index in [1.807, 2.05) is 24.3 Å². The van der Waals surface area contributed by atoms with E-state index in [4.69, 9.17) is 0 Å². The fourth-order valence-electron chi connectivity index (χ4n) is 2.40. The Morgan fingerprint density at radius 1 is 0.692 bits per heavy atom. The molecule has 0 radical (unpaired) electrons. The molecule has 0 spiro atoms. The highest BCUT2D eigenvalue weighted by Crippen LogP contribution is 2.11. The third kappa shape index (κ3) is 3.74. The number of rotatable bonds is 7. The molecule has 0 aliphatic carbocycles. The van der Waals surface area contributed by atoms with E-state index in [9.17, 15) is 0 Å². The van der Waals surface area contributed by atoms with Gasteiger partial charge < -0.3 is 0 Å². The molecule has 4 aromatic rings. The molecule has 0 saturated carbocycles. The Hall–Kier alpha value is -3.56. The molecule has 0 N–H and O–H groups in total. The van der Waals surface area contributed by atoms with Crippen LogP contribution in [0.4, 0.5) is 0 Å². The molecule has 4 heterocycles. The minimum atomic E-state index is 0.581. The van der Waals surface area contributed by atoms with Crippen molar-refractivity contribution in [3.05, 3.63) is 49.1 Å². The average molecular weight is 348 g/mol. The van der Waals surface area contributed by atoms with Crippen LogP contribution < -0.4 is 0 Å². The van der Waals surface area contributed by atoms with E-state index in [-0.39, 0.29) is 0 Å². The summed E-state index contributed by atoms with van der Waals surface area (Å²) in [7, 11) is 0. The molecule has 0 aromatic carbocycles. The van der Waals surface area contributed by atoms with Crippen LogP contribution in [0.2, 0.25) is 0 Å². The predicted molar refractivity (Wildman–Crippen MR) is 91.3 cm³/mol. The summed E-state index contributed by atoms with van der Waals surface area (Å²) in [5.41, 5.74) is 1.71. The largest absolute Gasteiger partial charge is 0.264 e. The van der Waals surface area contributed by atoms with E-state index in [0.29, 0.717) is 24.7 Å². The third-order valence-corrected chi connectivity index (χ3v) is 3.71. The number of nitrogens with zero attached hydrogens (tertiary/aromatic N) is 10. The first kappa shape index (κ1) is 15.9. The number of pyridine rings is 2. The highest BCUT2D eigenvalue weighted by molar-refractivity contribution is 5.51. The molecule has 0 saturated heterocycles. The van der Waals surface area contributed by atoms with Gasteiger partial charge in [-0.2, -0.15) is 9.59 Å². The van der Waals surface area contributed by atoms with Crippen LogP contribution in [0, 0.1) is 0 Å². The lowest BCUT2D eigenvalue weighted by Gasteiger charge is -1.99. The topological polar surface area (TPSA) is 113 Å². The molecule has 4 aromatic heterocycles. The lowest BCUT2D eigenvalue weighted by molar-refractivity contribution is 0.437. The molecule has 130 valence electrons. The van der Waals surface area contributed by atoms with Gasteiger partial charge in [-0.3, -0.25) is 9.97 Å². The zero-order valence-electron chi connectivity index (χ0n) is 13.9. The van der Waals surface area contributed by atoms with Crippen molar-refractivity contribution < 1.29 is 0 Å². The summed E-state index contributed by atoms with van der Waals surface area (Å²) >= 11 is 0. The summed E-state index contributed by atoms with van der Waals surface area (Å²) in [5.74, 6) is 1.16. The van der Waals surface area contributed by atoms with Crippen molar-refractivity contribution >= 4 is 0 Å². The van der Waals surface area contributed by atoms with Gasteiger partial charge in [-0.05, 0) is 47.5 Å². The quantitative estimate of drug-likeness (QED) is 0.459. The minimum Gasteiger partial charge on any atom is -0.264 e. The first-order valence-corrected chi connectivity index (χ1v) is 8.25. The first-order valence-electron chi connectivity index (χ1n) is 8.25. The molecule has 0 fully saturated rings. The maximum atomic E-state index is 4.37. The highest BCUT2D eigenvalue weighted by atomic mass is 15.6.